The zero-order valence-corrected chi connectivity index (χ0v) is 14.4. The number of hydrogen-bond donors (Lipinski definition) is 2. The number of aromatic nitrogens is 2. The first-order valence-electron chi connectivity index (χ1n) is 8.81. The standard InChI is InChI=1S/C17H25F2N3O3/c1-22-9-8-20-14(22)13(12-4-10-25-11-5-12)21-15(23)17(18,19)16(24)6-2-3-7-16/h8-9,12-13,24H,2-7,10-11H2,1H3,(H,21,23). The van der Waals surface area contributed by atoms with E-state index in [-0.39, 0.29) is 18.8 Å². The van der Waals surface area contributed by atoms with E-state index in [9.17, 15) is 18.7 Å². The number of rotatable bonds is 5. The van der Waals surface area contributed by atoms with Crippen LogP contribution in [0.15, 0.2) is 12.4 Å². The molecule has 1 aliphatic heterocycles. The van der Waals surface area contributed by atoms with Gasteiger partial charge in [0.15, 0.2) is 0 Å². The average molecular weight is 357 g/mol. The molecule has 6 nitrogen and oxygen atoms in total. The van der Waals surface area contributed by atoms with Crippen molar-refractivity contribution in [3.8, 4) is 0 Å². The van der Waals surface area contributed by atoms with Gasteiger partial charge in [-0.15, -0.1) is 0 Å². The largest absolute Gasteiger partial charge is 0.383 e. The molecule has 140 valence electrons. The van der Waals surface area contributed by atoms with Gasteiger partial charge in [-0.05, 0) is 31.6 Å². The number of ether oxygens (including phenoxy) is 1. The highest BCUT2D eigenvalue weighted by atomic mass is 19.3. The van der Waals surface area contributed by atoms with Gasteiger partial charge in [-0.1, -0.05) is 12.8 Å². The first-order chi connectivity index (χ1) is 11.8. The molecule has 1 atom stereocenters. The molecule has 2 aliphatic rings. The monoisotopic (exact) mass is 357 g/mol. The predicted molar refractivity (Wildman–Crippen MR) is 86.0 cm³/mol. The van der Waals surface area contributed by atoms with Crippen LogP contribution in [0, 0.1) is 5.92 Å². The molecule has 1 amide bonds. The number of imidazole rings is 1. The molecule has 0 bridgehead atoms. The number of carbonyl (C=O) groups is 1. The van der Waals surface area contributed by atoms with Crippen molar-refractivity contribution in [3.63, 3.8) is 0 Å². The fourth-order valence-electron chi connectivity index (χ4n) is 3.84. The minimum Gasteiger partial charge on any atom is -0.383 e. The first-order valence-corrected chi connectivity index (χ1v) is 8.81. The third-order valence-electron chi connectivity index (χ3n) is 5.46. The minimum atomic E-state index is -3.82. The van der Waals surface area contributed by atoms with Gasteiger partial charge in [-0.3, -0.25) is 4.79 Å². The Balaban J connectivity index is 1.82. The molecule has 1 aliphatic carbocycles. The molecule has 1 saturated carbocycles. The van der Waals surface area contributed by atoms with Crippen molar-refractivity contribution in [3.05, 3.63) is 18.2 Å². The summed E-state index contributed by atoms with van der Waals surface area (Å²) in [6, 6.07) is -0.632. The van der Waals surface area contributed by atoms with E-state index in [1.165, 1.54) is 0 Å². The quantitative estimate of drug-likeness (QED) is 0.844. The number of alkyl halides is 2. The fourth-order valence-corrected chi connectivity index (χ4v) is 3.84. The van der Waals surface area contributed by atoms with Crippen LogP contribution in [0.5, 0.6) is 0 Å². The van der Waals surface area contributed by atoms with Gasteiger partial charge in [0.25, 0.3) is 5.91 Å². The number of nitrogens with zero attached hydrogens (tertiary/aromatic N) is 2. The normalized spacial score (nSPS) is 22.7. The Morgan fingerprint density at radius 2 is 2.08 bits per heavy atom. The van der Waals surface area contributed by atoms with E-state index < -0.39 is 23.5 Å². The highest BCUT2D eigenvalue weighted by molar-refractivity contribution is 5.85. The van der Waals surface area contributed by atoms with Gasteiger partial charge in [0.2, 0.25) is 0 Å². The van der Waals surface area contributed by atoms with Crippen LogP contribution in [-0.4, -0.2) is 45.3 Å². The maximum Gasteiger partial charge on any atom is 0.352 e. The SMILES string of the molecule is Cn1ccnc1C(NC(=O)C(F)(F)C1(O)CCCC1)C1CCOCC1. The van der Waals surface area contributed by atoms with E-state index in [1.807, 2.05) is 0 Å². The van der Waals surface area contributed by atoms with Crippen molar-refractivity contribution in [1.29, 1.82) is 0 Å². The van der Waals surface area contributed by atoms with Gasteiger partial charge in [-0.25, -0.2) is 4.98 Å². The van der Waals surface area contributed by atoms with Crippen LogP contribution in [-0.2, 0) is 16.6 Å². The van der Waals surface area contributed by atoms with E-state index in [2.05, 4.69) is 10.3 Å². The Morgan fingerprint density at radius 1 is 1.44 bits per heavy atom. The topological polar surface area (TPSA) is 76.4 Å². The second-order valence-electron chi connectivity index (χ2n) is 7.11. The van der Waals surface area contributed by atoms with Gasteiger partial charge in [0, 0.05) is 32.7 Å². The summed E-state index contributed by atoms with van der Waals surface area (Å²) in [6.07, 6.45) is 5.51. The van der Waals surface area contributed by atoms with Crippen LogP contribution in [0.1, 0.15) is 50.4 Å². The lowest BCUT2D eigenvalue weighted by Crippen LogP contribution is -2.57. The molecule has 0 aromatic carbocycles. The number of amides is 1. The zero-order valence-electron chi connectivity index (χ0n) is 14.4. The summed E-state index contributed by atoms with van der Waals surface area (Å²) in [5.74, 6) is -4.74. The molecule has 2 heterocycles. The van der Waals surface area contributed by atoms with Gasteiger partial charge in [-0.2, -0.15) is 8.78 Å². The number of carbonyl (C=O) groups excluding carboxylic acids is 1. The summed E-state index contributed by atoms with van der Waals surface area (Å²) in [5, 5.41) is 12.7. The lowest BCUT2D eigenvalue weighted by molar-refractivity contribution is -0.192. The number of halogens is 2. The molecule has 25 heavy (non-hydrogen) atoms. The predicted octanol–water partition coefficient (Wildman–Crippen LogP) is 1.94. The number of aliphatic hydroxyl groups is 1. The third kappa shape index (κ3) is 3.42. The molecule has 0 radical (unpaired) electrons. The van der Waals surface area contributed by atoms with Crippen LogP contribution in [0.2, 0.25) is 0 Å². The zero-order chi connectivity index (χ0) is 18.1. The van der Waals surface area contributed by atoms with Crippen LogP contribution >= 0.6 is 0 Å². The second kappa shape index (κ2) is 6.99. The molecular formula is C17H25F2N3O3. The van der Waals surface area contributed by atoms with E-state index in [4.69, 9.17) is 4.74 Å². The Labute approximate surface area is 145 Å². The number of hydrogen-bond acceptors (Lipinski definition) is 4. The van der Waals surface area contributed by atoms with Gasteiger partial charge >= 0.3 is 5.92 Å². The lowest BCUT2D eigenvalue weighted by atomic mass is 9.89. The molecule has 3 rings (SSSR count). The second-order valence-corrected chi connectivity index (χ2v) is 7.11. The Morgan fingerprint density at radius 3 is 2.64 bits per heavy atom. The van der Waals surface area contributed by atoms with E-state index in [1.54, 1.807) is 24.0 Å². The summed E-state index contributed by atoms with van der Waals surface area (Å²) in [7, 11) is 1.77. The summed E-state index contributed by atoms with van der Waals surface area (Å²) >= 11 is 0. The summed E-state index contributed by atoms with van der Waals surface area (Å²) in [6.45, 7) is 1.06. The van der Waals surface area contributed by atoms with E-state index in [0.717, 1.165) is 0 Å². The lowest BCUT2D eigenvalue weighted by Gasteiger charge is -2.35. The van der Waals surface area contributed by atoms with Gasteiger partial charge in [0.05, 0.1) is 6.04 Å². The van der Waals surface area contributed by atoms with Crippen molar-refractivity contribution < 1.29 is 23.4 Å². The molecule has 1 aromatic heterocycles. The number of aryl methyl sites for hydroxylation is 1. The fraction of sp³-hybridized carbons (Fsp3) is 0.765. The van der Waals surface area contributed by atoms with Crippen molar-refractivity contribution >= 4 is 5.91 Å². The van der Waals surface area contributed by atoms with Gasteiger partial charge < -0.3 is 19.7 Å². The van der Waals surface area contributed by atoms with Crippen molar-refractivity contribution in [2.45, 2.75) is 56.1 Å². The van der Waals surface area contributed by atoms with Crippen molar-refractivity contribution in [2.24, 2.45) is 13.0 Å². The first kappa shape index (κ1) is 18.3. The summed E-state index contributed by atoms with van der Waals surface area (Å²) < 4.78 is 36.4. The van der Waals surface area contributed by atoms with Crippen molar-refractivity contribution in [1.82, 2.24) is 14.9 Å². The Kier molecular flexibility index (Phi) is 5.11. The average Bonchev–Trinajstić information content (AvgIpc) is 3.23. The minimum absolute atomic E-state index is 0.0344. The summed E-state index contributed by atoms with van der Waals surface area (Å²) in [5.41, 5.74) is -2.25. The highest BCUT2D eigenvalue weighted by Gasteiger charge is 2.59. The van der Waals surface area contributed by atoms with Crippen molar-refractivity contribution in [2.75, 3.05) is 13.2 Å². The molecule has 0 spiro atoms. The Hall–Kier alpha value is -1.54. The van der Waals surface area contributed by atoms with E-state index in [0.29, 0.717) is 44.7 Å². The van der Waals surface area contributed by atoms with Crippen LogP contribution in [0.4, 0.5) is 8.78 Å². The van der Waals surface area contributed by atoms with Crippen LogP contribution < -0.4 is 5.32 Å². The maximum atomic E-state index is 14.7. The molecule has 1 saturated heterocycles. The molecule has 1 aromatic rings. The molecule has 2 N–H and O–H groups in total. The smallest absolute Gasteiger partial charge is 0.352 e. The summed E-state index contributed by atoms with van der Waals surface area (Å²) in [4.78, 5) is 16.7. The van der Waals surface area contributed by atoms with Crippen LogP contribution in [0.3, 0.4) is 0 Å². The third-order valence-corrected chi connectivity index (χ3v) is 5.46. The molecular weight excluding hydrogens is 332 g/mol. The van der Waals surface area contributed by atoms with Gasteiger partial charge in [0.1, 0.15) is 11.4 Å². The van der Waals surface area contributed by atoms with E-state index >= 15 is 0 Å². The molecule has 8 heteroatoms. The molecule has 1 unspecified atom stereocenters. The van der Waals surface area contributed by atoms with Crippen LogP contribution in [0.25, 0.3) is 0 Å². The Bertz CT molecular complexity index is 608. The molecule has 2 fully saturated rings. The number of nitrogens with one attached hydrogen (secondary N) is 1. The highest BCUT2D eigenvalue weighted by Crippen LogP contribution is 2.42. The maximum absolute atomic E-state index is 14.7.